The van der Waals surface area contributed by atoms with Gasteiger partial charge in [0.1, 0.15) is 0 Å². The first kappa shape index (κ1) is 15.3. The predicted octanol–water partition coefficient (Wildman–Crippen LogP) is 0.535. The lowest BCUT2D eigenvalue weighted by atomic mass is 10.1. The molecule has 0 saturated heterocycles. The van der Waals surface area contributed by atoms with Crippen molar-refractivity contribution in [2.45, 2.75) is 6.42 Å². The molecule has 1 rings (SSSR count). The van der Waals surface area contributed by atoms with E-state index < -0.39 is 5.75 Å². The minimum Gasteiger partial charge on any atom is -0.504 e. The lowest BCUT2D eigenvalue weighted by molar-refractivity contribution is 0.0691. The van der Waals surface area contributed by atoms with Crippen LogP contribution in [0.3, 0.4) is 0 Å². The van der Waals surface area contributed by atoms with Crippen molar-refractivity contribution < 1.29 is 19.7 Å². The van der Waals surface area contributed by atoms with Gasteiger partial charge in [0.2, 0.25) is 0 Å². The fourth-order valence-corrected chi connectivity index (χ4v) is 1.67. The Kier molecular flexibility index (Phi) is 6.11. The first-order valence-electron chi connectivity index (χ1n) is 6.11. The van der Waals surface area contributed by atoms with Crippen LogP contribution >= 0.6 is 0 Å². The average molecular weight is 268 g/mol. The van der Waals surface area contributed by atoms with E-state index in [0.717, 1.165) is 0 Å². The van der Waals surface area contributed by atoms with Crippen molar-refractivity contribution in [3.8, 4) is 11.5 Å². The highest BCUT2D eigenvalue weighted by atomic mass is 16.5. The Morgan fingerprint density at radius 2 is 2.11 bits per heavy atom. The van der Waals surface area contributed by atoms with Crippen LogP contribution < -0.4 is 5.73 Å². The standard InChI is InChI=1S/C13H20N2O4/c1-19-9-8-15(7-3-6-14)13(18)10-4-2-5-11(16)12(10)17/h2,4-5,16-17H,3,6-9,14H2,1H3. The number of para-hydroxylation sites is 1. The van der Waals surface area contributed by atoms with Gasteiger partial charge in [-0.3, -0.25) is 4.79 Å². The van der Waals surface area contributed by atoms with Crippen LogP contribution in [-0.4, -0.2) is 54.4 Å². The summed E-state index contributed by atoms with van der Waals surface area (Å²) in [6, 6.07) is 4.31. The van der Waals surface area contributed by atoms with E-state index in [0.29, 0.717) is 32.7 Å². The summed E-state index contributed by atoms with van der Waals surface area (Å²) >= 11 is 0. The van der Waals surface area contributed by atoms with Crippen molar-refractivity contribution in [3.63, 3.8) is 0 Å². The quantitative estimate of drug-likeness (QED) is 0.627. The number of methoxy groups -OCH3 is 1. The SMILES string of the molecule is COCCN(CCCN)C(=O)c1cccc(O)c1O. The molecule has 0 saturated carbocycles. The Bertz CT molecular complexity index is 415. The number of ether oxygens (including phenoxy) is 1. The van der Waals surface area contributed by atoms with Gasteiger partial charge in [-0.15, -0.1) is 0 Å². The maximum atomic E-state index is 12.3. The van der Waals surface area contributed by atoms with Crippen LogP contribution in [0.4, 0.5) is 0 Å². The van der Waals surface area contributed by atoms with Gasteiger partial charge in [0.05, 0.1) is 12.2 Å². The van der Waals surface area contributed by atoms with E-state index in [-0.39, 0.29) is 17.2 Å². The number of aromatic hydroxyl groups is 2. The molecule has 1 amide bonds. The molecule has 6 heteroatoms. The third-order valence-electron chi connectivity index (χ3n) is 2.73. The van der Waals surface area contributed by atoms with Crippen molar-refractivity contribution in [3.05, 3.63) is 23.8 Å². The lowest BCUT2D eigenvalue weighted by Gasteiger charge is -2.22. The lowest BCUT2D eigenvalue weighted by Crippen LogP contribution is -2.35. The summed E-state index contributed by atoms with van der Waals surface area (Å²) in [6.45, 7) is 1.76. The largest absolute Gasteiger partial charge is 0.504 e. The van der Waals surface area contributed by atoms with Gasteiger partial charge in [0.15, 0.2) is 11.5 Å². The second-order valence-electron chi connectivity index (χ2n) is 4.10. The number of hydrogen-bond acceptors (Lipinski definition) is 5. The highest BCUT2D eigenvalue weighted by molar-refractivity contribution is 5.97. The van der Waals surface area contributed by atoms with E-state index in [9.17, 15) is 15.0 Å². The molecular formula is C13H20N2O4. The monoisotopic (exact) mass is 268 g/mol. The number of rotatable bonds is 7. The van der Waals surface area contributed by atoms with Crippen LogP contribution in [0.1, 0.15) is 16.8 Å². The fourth-order valence-electron chi connectivity index (χ4n) is 1.67. The molecule has 0 bridgehead atoms. The number of phenols is 2. The van der Waals surface area contributed by atoms with E-state index in [1.165, 1.54) is 18.2 Å². The Morgan fingerprint density at radius 3 is 2.74 bits per heavy atom. The van der Waals surface area contributed by atoms with Crippen LogP contribution in [0, 0.1) is 0 Å². The van der Waals surface area contributed by atoms with E-state index >= 15 is 0 Å². The molecular weight excluding hydrogens is 248 g/mol. The summed E-state index contributed by atoms with van der Waals surface area (Å²) in [6.07, 6.45) is 0.662. The number of amides is 1. The molecule has 0 aliphatic carbocycles. The second-order valence-corrected chi connectivity index (χ2v) is 4.10. The normalized spacial score (nSPS) is 10.4. The zero-order chi connectivity index (χ0) is 14.3. The number of benzene rings is 1. The molecule has 0 unspecified atom stereocenters. The Morgan fingerprint density at radius 1 is 1.37 bits per heavy atom. The van der Waals surface area contributed by atoms with Crippen molar-refractivity contribution >= 4 is 5.91 Å². The van der Waals surface area contributed by atoms with Gasteiger partial charge in [0, 0.05) is 20.2 Å². The van der Waals surface area contributed by atoms with Crippen LogP contribution in [0.5, 0.6) is 11.5 Å². The Hall–Kier alpha value is -1.79. The average Bonchev–Trinajstić information content (AvgIpc) is 2.41. The molecule has 0 fully saturated rings. The highest BCUT2D eigenvalue weighted by Gasteiger charge is 2.19. The number of nitrogens with zero attached hydrogens (tertiary/aromatic N) is 1. The van der Waals surface area contributed by atoms with Gasteiger partial charge in [0.25, 0.3) is 5.91 Å². The minimum atomic E-state index is -0.400. The van der Waals surface area contributed by atoms with Gasteiger partial charge in [-0.05, 0) is 25.1 Å². The number of nitrogens with two attached hydrogens (primary N) is 1. The molecule has 0 aromatic heterocycles. The number of hydrogen-bond donors (Lipinski definition) is 3. The van der Waals surface area contributed by atoms with Gasteiger partial charge >= 0.3 is 0 Å². The summed E-state index contributed by atoms with van der Waals surface area (Å²) in [7, 11) is 1.55. The molecule has 0 atom stereocenters. The molecule has 106 valence electrons. The second kappa shape index (κ2) is 7.60. The van der Waals surface area contributed by atoms with Crippen LogP contribution in [0.15, 0.2) is 18.2 Å². The smallest absolute Gasteiger partial charge is 0.257 e. The minimum absolute atomic E-state index is 0.0770. The molecule has 19 heavy (non-hydrogen) atoms. The number of carbonyl (C=O) groups is 1. The van der Waals surface area contributed by atoms with E-state index in [4.69, 9.17) is 10.5 Å². The molecule has 4 N–H and O–H groups in total. The molecule has 0 aliphatic heterocycles. The summed E-state index contributed by atoms with van der Waals surface area (Å²) in [5.74, 6) is -1.06. The Balaban J connectivity index is 2.87. The molecule has 1 aromatic carbocycles. The maximum absolute atomic E-state index is 12.3. The van der Waals surface area contributed by atoms with Gasteiger partial charge in [-0.1, -0.05) is 6.07 Å². The molecule has 1 aromatic rings. The molecule has 0 radical (unpaired) electrons. The van der Waals surface area contributed by atoms with Crippen molar-refractivity contribution in [2.75, 3.05) is 33.4 Å². The zero-order valence-corrected chi connectivity index (χ0v) is 11.0. The van der Waals surface area contributed by atoms with Gasteiger partial charge in [-0.25, -0.2) is 0 Å². The summed E-state index contributed by atoms with van der Waals surface area (Å²) in [5.41, 5.74) is 5.52. The first-order chi connectivity index (χ1) is 9.11. The number of phenolic OH excluding ortho intramolecular Hbond substituents is 2. The predicted molar refractivity (Wildman–Crippen MR) is 71.2 cm³/mol. The third kappa shape index (κ3) is 4.11. The zero-order valence-electron chi connectivity index (χ0n) is 11.0. The van der Waals surface area contributed by atoms with E-state index in [1.54, 1.807) is 12.0 Å². The first-order valence-corrected chi connectivity index (χ1v) is 6.11. The summed E-state index contributed by atoms with van der Waals surface area (Å²) in [5, 5.41) is 19.1. The van der Waals surface area contributed by atoms with Crippen LogP contribution in [0.2, 0.25) is 0 Å². The topological polar surface area (TPSA) is 96.0 Å². The Labute approximate surface area is 112 Å². The summed E-state index contributed by atoms with van der Waals surface area (Å²) in [4.78, 5) is 13.8. The van der Waals surface area contributed by atoms with Gasteiger partial charge < -0.3 is 25.6 Å². The summed E-state index contributed by atoms with van der Waals surface area (Å²) < 4.78 is 4.96. The van der Waals surface area contributed by atoms with Gasteiger partial charge in [-0.2, -0.15) is 0 Å². The highest BCUT2D eigenvalue weighted by Crippen LogP contribution is 2.29. The molecule has 0 spiro atoms. The molecule has 6 nitrogen and oxygen atoms in total. The van der Waals surface area contributed by atoms with Crippen molar-refractivity contribution in [1.29, 1.82) is 0 Å². The van der Waals surface area contributed by atoms with E-state index in [1.807, 2.05) is 0 Å². The maximum Gasteiger partial charge on any atom is 0.257 e. The van der Waals surface area contributed by atoms with Crippen LogP contribution in [-0.2, 0) is 4.74 Å². The fraction of sp³-hybridized carbons (Fsp3) is 0.462. The van der Waals surface area contributed by atoms with E-state index in [2.05, 4.69) is 0 Å². The van der Waals surface area contributed by atoms with Crippen molar-refractivity contribution in [2.24, 2.45) is 5.73 Å². The molecule has 0 heterocycles. The molecule has 0 aliphatic rings. The third-order valence-corrected chi connectivity index (χ3v) is 2.73. The van der Waals surface area contributed by atoms with Crippen molar-refractivity contribution in [1.82, 2.24) is 4.90 Å². The number of carbonyl (C=O) groups excluding carboxylic acids is 1. The van der Waals surface area contributed by atoms with Crippen LogP contribution in [0.25, 0.3) is 0 Å².